The van der Waals surface area contributed by atoms with Gasteiger partial charge in [-0.1, -0.05) is 66.9 Å². The molecule has 0 amide bonds. The van der Waals surface area contributed by atoms with E-state index in [0.717, 1.165) is 28.9 Å². The highest BCUT2D eigenvalue weighted by Crippen LogP contribution is 2.58. The molecule has 1 saturated carbocycles. The number of hydrogen-bond donors (Lipinski definition) is 0. The highest BCUT2D eigenvalue weighted by Gasteiger charge is 2.48. The van der Waals surface area contributed by atoms with Gasteiger partial charge in [0.25, 0.3) is 0 Å². The molecule has 1 atom stereocenters. The van der Waals surface area contributed by atoms with Crippen LogP contribution in [0.15, 0.2) is 24.3 Å². The zero-order valence-electron chi connectivity index (χ0n) is 11.7. The highest BCUT2D eigenvalue weighted by molar-refractivity contribution is 6.37. The third-order valence-corrected chi connectivity index (χ3v) is 4.52. The number of aromatic nitrogens is 2. The molecule has 0 spiro atoms. The topological polar surface area (TPSA) is 25.8 Å². The molecule has 2 nitrogen and oxygen atoms in total. The molecule has 104 valence electrons. The number of rotatable bonds is 2. The van der Waals surface area contributed by atoms with Crippen LogP contribution >= 0.6 is 23.2 Å². The molecule has 1 aliphatic rings. The predicted molar refractivity (Wildman–Crippen MR) is 83.4 cm³/mol. The normalized spacial score (nSPS) is 19.9. The summed E-state index contributed by atoms with van der Waals surface area (Å²) < 4.78 is 0. The van der Waals surface area contributed by atoms with Crippen LogP contribution in [-0.2, 0) is 0 Å². The summed E-state index contributed by atoms with van der Waals surface area (Å²) in [5.41, 5.74) is 3.10. The first kappa shape index (κ1) is 13.8. The van der Waals surface area contributed by atoms with Crippen LogP contribution in [-0.4, -0.2) is 9.97 Å². The Kier molecular flexibility index (Phi) is 3.26. The van der Waals surface area contributed by atoms with Gasteiger partial charge in [0.1, 0.15) is 16.1 Å². The van der Waals surface area contributed by atoms with Crippen molar-refractivity contribution in [3.63, 3.8) is 0 Å². The molecule has 1 aromatic heterocycles. The Balaban J connectivity index is 2.06. The third kappa shape index (κ3) is 2.43. The van der Waals surface area contributed by atoms with Crippen molar-refractivity contribution >= 4 is 23.2 Å². The van der Waals surface area contributed by atoms with Crippen LogP contribution in [0, 0.1) is 12.3 Å². The van der Waals surface area contributed by atoms with E-state index in [1.54, 1.807) is 0 Å². The van der Waals surface area contributed by atoms with E-state index in [2.05, 4.69) is 23.8 Å². The van der Waals surface area contributed by atoms with Gasteiger partial charge in [0, 0.05) is 5.92 Å². The van der Waals surface area contributed by atoms with Crippen molar-refractivity contribution in [1.82, 2.24) is 9.97 Å². The largest absolute Gasteiger partial charge is 0.220 e. The second-order valence-corrected chi connectivity index (χ2v) is 6.87. The zero-order chi connectivity index (χ0) is 14.5. The van der Waals surface area contributed by atoms with E-state index >= 15 is 0 Å². The first-order chi connectivity index (χ1) is 9.38. The van der Waals surface area contributed by atoms with Gasteiger partial charge >= 0.3 is 0 Å². The summed E-state index contributed by atoms with van der Waals surface area (Å²) >= 11 is 12.7. The lowest BCUT2D eigenvalue weighted by atomic mass is 10.1. The van der Waals surface area contributed by atoms with Gasteiger partial charge in [0.05, 0.1) is 5.56 Å². The Morgan fingerprint density at radius 1 is 1.15 bits per heavy atom. The first-order valence-corrected chi connectivity index (χ1v) is 7.44. The molecule has 0 N–H and O–H groups in total. The summed E-state index contributed by atoms with van der Waals surface area (Å²) in [5.74, 6) is 1.13. The van der Waals surface area contributed by atoms with E-state index in [4.69, 9.17) is 23.2 Å². The van der Waals surface area contributed by atoms with Crippen LogP contribution in [0.25, 0.3) is 11.1 Å². The van der Waals surface area contributed by atoms with Crippen molar-refractivity contribution in [2.45, 2.75) is 33.1 Å². The van der Waals surface area contributed by atoms with Crippen LogP contribution in [0.4, 0.5) is 0 Å². The summed E-state index contributed by atoms with van der Waals surface area (Å²) in [7, 11) is 0. The van der Waals surface area contributed by atoms with Gasteiger partial charge in [-0.25, -0.2) is 9.97 Å². The first-order valence-electron chi connectivity index (χ1n) is 6.68. The van der Waals surface area contributed by atoms with Gasteiger partial charge in [-0.15, -0.1) is 0 Å². The average Bonchev–Trinajstić information content (AvgIpc) is 2.97. The Morgan fingerprint density at radius 3 is 2.25 bits per heavy atom. The predicted octanol–water partition coefficient (Wildman–Crippen LogP) is 5.27. The maximum absolute atomic E-state index is 6.35. The number of nitrogens with zero attached hydrogens (tertiary/aromatic N) is 2. The average molecular weight is 307 g/mol. The minimum Gasteiger partial charge on any atom is -0.220 e. The second kappa shape index (κ2) is 4.71. The van der Waals surface area contributed by atoms with Crippen LogP contribution < -0.4 is 0 Å². The van der Waals surface area contributed by atoms with Gasteiger partial charge in [-0.05, 0) is 24.3 Å². The fraction of sp³-hybridized carbons (Fsp3) is 0.375. The highest BCUT2D eigenvalue weighted by atomic mass is 35.5. The minimum absolute atomic E-state index is 0.261. The van der Waals surface area contributed by atoms with E-state index in [1.807, 2.05) is 31.2 Å². The molecule has 2 aromatic rings. The molecule has 3 rings (SSSR count). The lowest BCUT2D eigenvalue weighted by molar-refractivity contribution is 0.608. The Morgan fingerprint density at radius 2 is 1.75 bits per heavy atom. The van der Waals surface area contributed by atoms with Crippen molar-refractivity contribution in [3.05, 3.63) is 46.0 Å². The number of aryl methyl sites for hydroxylation is 1. The molecule has 1 unspecified atom stereocenters. The van der Waals surface area contributed by atoms with Crippen LogP contribution in [0.5, 0.6) is 0 Å². The molecular weight excluding hydrogens is 291 g/mol. The minimum atomic E-state index is 0.261. The van der Waals surface area contributed by atoms with E-state index in [0.29, 0.717) is 16.2 Å². The monoisotopic (exact) mass is 306 g/mol. The van der Waals surface area contributed by atoms with Crippen molar-refractivity contribution in [2.75, 3.05) is 0 Å². The quantitative estimate of drug-likeness (QED) is 0.706. The lowest BCUT2D eigenvalue weighted by Gasteiger charge is -2.10. The summed E-state index contributed by atoms with van der Waals surface area (Å²) in [6.45, 7) is 6.45. The fourth-order valence-electron chi connectivity index (χ4n) is 2.53. The molecule has 20 heavy (non-hydrogen) atoms. The molecule has 1 fully saturated rings. The molecule has 1 aliphatic carbocycles. The summed E-state index contributed by atoms with van der Waals surface area (Å²) in [4.78, 5) is 8.94. The number of benzene rings is 1. The van der Waals surface area contributed by atoms with Crippen LogP contribution in [0.2, 0.25) is 10.3 Å². The number of hydrogen-bond acceptors (Lipinski definition) is 2. The summed E-state index contributed by atoms with van der Waals surface area (Å²) in [6, 6.07) is 8.03. The molecule has 0 saturated heterocycles. The smallest absolute Gasteiger partial charge is 0.142 e. The Hall–Kier alpha value is -1.12. The van der Waals surface area contributed by atoms with Crippen molar-refractivity contribution in [1.29, 1.82) is 0 Å². The van der Waals surface area contributed by atoms with E-state index < -0.39 is 0 Å². The molecule has 1 heterocycles. The lowest BCUT2D eigenvalue weighted by Crippen LogP contribution is -2.00. The standard InChI is InChI=1S/C16H16Cl2N2/c1-9-5-4-6-10(7-9)12-13(17)19-15(20-14(12)18)11-8-16(11,2)3/h4-7,11H,8H2,1-3H3. The zero-order valence-corrected chi connectivity index (χ0v) is 13.3. The Bertz CT molecular complexity index is 657. The molecular formula is C16H16Cl2N2. The van der Waals surface area contributed by atoms with E-state index in [9.17, 15) is 0 Å². The van der Waals surface area contributed by atoms with Crippen molar-refractivity contribution in [3.8, 4) is 11.1 Å². The Labute approximate surface area is 129 Å². The molecule has 0 aliphatic heterocycles. The molecule has 0 radical (unpaired) electrons. The SMILES string of the molecule is Cc1cccc(-c2c(Cl)nc(C3CC3(C)C)nc2Cl)c1. The molecule has 1 aromatic carbocycles. The fourth-order valence-corrected chi connectivity index (χ4v) is 3.14. The number of halogens is 2. The van der Waals surface area contributed by atoms with Crippen molar-refractivity contribution in [2.24, 2.45) is 5.41 Å². The van der Waals surface area contributed by atoms with E-state index in [-0.39, 0.29) is 5.41 Å². The van der Waals surface area contributed by atoms with E-state index in [1.165, 1.54) is 0 Å². The second-order valence-electron chi connectivity index (χ2n) is 6.15. The van der Waals surface area contributed by atoms with Gasteiger partial charge in [-0.3, -0.25) is 0 Å². The van der Waals surface area contributed by atoms with Crippen LogP contribution in [0.3, 0.4) is 0 Å². The van der Waals surface area contributed by atoms with Gasteiger partial charge < -0.3 is 0 Å². The molecule has 0 bridgehead atoms. The van der Waals surface area contributed by atoms with Crippen LogP contribution in [0.1, 0.15) is 37.6 Å². The van der Waals surface area contributed by atoms with Gasteiger partial charge in [0.15, 0.2) is 0 Å². The maximum Gasteiger partial charge on any atom is 0.142 e. The maximum atomic E-state index is 6.35. The van der Waals surface area contributed by atoms with Gasteiger partial charge in [-0.2, -0.15) is 0 Å². The summed E-state index contributed by atoms with van der Waals surface area (Å²) in [5, 5.41) is 0.876. The van der Waals surface area contributed by atoms with Gasteiger partial charge in [0.2, 0.25) is 0 Å². The van der Waals surface area contributed by atoms with Crippen molar-refractivity contribution < 1.29 is 0 Å². The molecule has 4 heteroatoms. The third-order valence-electron chi connectivity index (χ3n) is 3.97. The summed E-state index contributed by atoms with van der Waals surface area (Å²) in [6.07, 6.45) is 1.09.